The van der Waals surface area contributed by atoms with E-state index >= 15 is 0 Å². The van der Waals surface area contributed by atoms with Crippen LogP contribution < -0.4 is 4.74 Å². The number of hydrogen-bond acceptors (Lipinski definition) is 4. The summed E-state index contributed by atoms with van der Waals surface area (Å²) in [6.45, 7) is 2.63. The molecule has 0 atom stereocenters. The van der Waals surface area contributed by atoms with Gasteiger partial charge in [0.25, 0.3) is 0 Å². The van der Waals surface area contributed by atoms with Gasteiger partial charge in [0.05, 0.1) is 6.61 Å². The maximum atomic E-state index is 11.8. The maximum absolute atomic E-state index is 11.8. The van der Waals surface area contributed by atoms with Crippen molar-refractivity contribution in [1.29, 1.82) is 0 Å². The van der Waals surface area contributed by atoms with Gasteiger partial charge in [-0.1, -0.05) is 0 Å². The molecule has 3 nitrogen and oxygen atoms in total. The lowest BCUT2D eigenvalue weighted by Gasteiger charge is -2.06. The first-order chi connectivity index (χ1) is 9.28. The van der Waals surface area contributed by atoms with Crippen molar-refractivity contribution in [2.75, 3.05) is 6.61 Å². The molecule has 1 aliphatic rings. The Kier molecular flexibility index (Phi) is 3.34. The summed E-state index contributed by atoms with van der Waals surface area (Å²) >= 11 is 1.64. The van der Waals surface area contributed by atoms with E-state index in [4.69, 9.17) is 4.74 Å². The second-order valence-corrected chi connectivity index (χ2v) is 5.61. The maximum Gasteiger partial charge on any atom is 0.182 e. The molecule has 0 aliphatic heterocycles. The lowest BCUT2D eigenvalue weighted by atomic mass is 10.0. The van der Waals surface area contributed by atoms with Crippen molar-refractivity contribution in [1.82, 2.24) is 4.98 Å². The minimum absolute atomic E-state index is 0.190. The van der Waals surface area contributed by atoms with Gasteiger partial charge in [0.15, 0.2) is 5.78 Å². The van der Waals surface area contributed by atoms with Crippen LogP contribution in [0.5, 0.6) is 5.75 Å². The summed E-state index contributed by atoms with van der Waals surface area (Å²) in [6, 6.07) is 7.89. The second-order valence-electron chi connectivity index (χ2n) is 4.52. The number of Topliss-reactive ketones (excluding diaryl/α,β-unsaturated/α-hetero) is 1. The molecule has 3 rings (SSSR count). The number of carbonyl (C=O) groups excluding carboxylic acids is 1. The van der Waals surface area contributed by atoms with E-state index < -0.39 is 0 Å². The predicted octanol–water partition coefficient (Wildman–Crippen LogP) is 3.73. The van der Waals surface area contributed by atoms with Gasteiger partial charge in [-0.25, -0.2) is 4.98 Å². The number of ether oxygens (including phenoxy) is 1. The zero-order valence-electron chi connectivity index (χ0n) is 10.8. The molecule has 0 spiro atoms. The van der Waals surface area contributed by atoms with E-state index in [0.29, 0.717) is 18.7 Å². The first-order valence-electron chi connectivity index (χ1n) is 6.54. The van der Waals surface area contributed by atoms with Crippen molar-refractivity contribution in [3.8, 4) is 16.3 Å². The number of benzene rings is 1. The van der Waals surface area contributed by atoms with Crippen molar-refractivity contribution in [3.05, 3.63) is 34.8 Å². The van der Waals surface area contributed by atoms with Crippen LogP contribution in [0.3, 0.4) is 0 Å². The van der Waals surface area contributed by atoms with Crippen LogP contribution in [0.4, 0.5) is 0 Å². The summed E-state index contributed by atoms with van der Waals surface area (Å²) in [5.74, 6) is 1.05. The Balaban J connectivity index is 1.92. The number of ketones is 1. The number of hydrogen-bond donors (Lipinski definition) is 0. The van der Waals surface area contributed by atoms with E-state index in [1.165, 1.54) is 0 Å². The third-order valence-electron chi connectivity index (χ3n) is 3.18. The van der Waals surface area contributed by atoms with Gasteiger partial charge in [-0.05, 0) is 44.0 Å². The van der Waals surface area contributed by atoms with E-state index in [0.717, 1.165) is 34.0 Å². The summed E-state index contributed by atoms with van der Waals surface area (Å²) < 4.78 is 5.42. The van der Waals surface area contributed by atoms with Crippen molar-refractivity contribution in [3.63, 3.8) is 0 Å². The number of aromatic nitrogens is 1. The average molecular weight is 273 g/mol. The Bertz CT molecular complexity index is 601. The zero-order chi connectivity index (χ0) is 13.2. The van der Waals surface area contributed by atoms with Crippen LogP contribution in [-0.2, 0) is 6.42 Å². The second kappa shape index (κ2) is 5.13. The molecular formula is C15H15NO2S. The lowest BCUT2D eigenvalue weighted by molar-refractivity contribution is 0.0968. The SMILES string of the molecule is CCOc1ccc(-c2nc3c(s2)CCCC3=O)cc1. The van der Waals surface area contributed by atoms with Crippen molar-refractivity contribution in [2.45, 2.75) is 26.2 Å². The molecule has 4 heteroatoms. The van der Waals surface area contributed by atoms with Crippen LogP contribution in [0, 0.1) is 0 Å². The van der Waals surface area contributed by atoms with Crippen LogP contribution in [0.15, 0.2) is 24.3 Å². The highest BCUT2D eigenvalue weighted by Crippen LogP contribution is 2.33. The molecule has 0 radical (unpaired) electrons. The van der Waals surface area contributed by atoms with E-state index in [1.807, 2.05) is 31.2 Å². The summed E-state index contributed by atoms with van der Waals surface area (Å²) in [7, 11) is 0. The number of fused-ring (bicyclic) bond motifs is 1. The molecule has 0 N–H and O–H groups in total. The summed E-state index contributed by atoms with van der Waals surface area (Å²) in [6.07, 6.45) is 2.58. The van der Waals surface area contributed by atoms with Crippen LogP contribution in [0.2, 0.25) is 0 Å². The standard InChI is InChI=1S/C15H15NO2S/c1-2-18-11-8-6-10(7-9-11)15-16-14-12(17)4-3-5-13(14)19-15/h6-9H,2-5H2,1H3. The van der Waals surface area contributed by atoms with Crippen LogP contribution in [0.1, 0.15) is 35.1 Å². The van der Waals surface area contributed by atoms with Gasteiger partial charge in [-0.2, -0.15) is 0 Å². The molecule has 0 saturated heterocycles. The number of thiazole rings is 1. The Morgan fingerprint density at radius 3 is 2.74 bits per heavy atom. The molecule has 1 aromatic heterocycles. The molecule has 0 saturated carbocycles. The van der Waals surface area contributed by atoms with Gasteiger partial charge < -0.3 is 4.74 Å². The van der Waals surface area contributed by atoms with E-state index in [2.05, 4.69) is 4.98 Å². The quantitative estimate of drug-likeness (QED) is 0.855. The Hall–Kier alpha value is -1.68. The molecule has 0 unspecified atom stereocenters. The van der Waals surface area contributed by atoms with Gasteiger partial charge in [-0.15, -0.1) is 11.3 Å². The smallest absolute Gasteiger partial charge is 0.182 e. The summed E-state index contributed by atoms with van der Waals surface area (Å²) in [5, 5.41) is 0.934. The molecule has 19 heavy (non-hydrogen) atoms. The van der Waals surface area contributed by atoms with Gasteiger partial charge in [-0.3, -0.25) is 4.79 Å². The van der Waals surface area contributed by atoms with Gasteiger partial charge >= 0.3 is 0 Å². The number of aryl methyl sites for hydroxylation is 1. The molecule has 2 aromatic rings. The first-order valence-corrected chi connectivity index (χ1v) is 7.35. The fourth-order valence-corrected chi connectivity index (χ4v) is 3.38. The minimum atomic E-state index is 0.190. The lowest BCUT2D eigenvalue weighted by Crippen LogP contribution is -2.08. The van der Waals surface area contributed by atoms with Gasteiger partial charge in [0.2, 0.25) is 0 Å². The van der Waals surface area contributed by atoms with Gasteiger partial charge in [0.1, 0.15) is 16.5 Å². The summed E-state index contributed by atoms with van der Waals surface area (Å²) in [5.41, 5.74) is 1.75. The first kappa shape index (κ1) is 12.4. The molecule has 0 fully saturated rings. The van der Waals surface area contributed by atoms with Crippen LogP contribution in [-0.4, -0.2) is 17.4 Å². The van der Waals surface area contributed by atoms with E-state index in [9.17, 15) is 4.79 Å². The van der Waals surface area contributed by atoms with E-state index in [-0.39, 0.29) is 5.78 Å². The molecular weight excluding hydrogens is 258 g/mol. The number of rotatable bonds is 3. The third-order valence-corrected chi connectivity index (χ3v) is 4.35. The Labute approximate surface area is 116 Å². The largest absolute Gasteiger partial charge is 0.494 e. The van der Waals surface area contributed by atoms with Crippen molar-refractivity contribution >= 4 is 17.1 Å². The Morgan fingerprint density at radius 1 is 1.26 bits per heavy atom. The zero-order valence-corrected chi connectivity index (χ0v) is 11.6. The minimum Gasteiger partial charge on any atom is -0.494 e. The molecule has 1 aromatic carbocycles. The number of carbonyl (C=O) groups is 1. The normalized spacial score (nSPS) is 14.3. The topological polar surface area (TPSA) is 39.2 Å². The number of nitrogens with zero attached hydrogens (tertiary/aromatic N) is 1. The summed E-state index contributed by atoms with van der Waals surface area (Å²) in [4.78, 5) is 17.4. The highest BCUT2D eigenvalue weighted by Gasteiger charge is 2.22. The Morgan fingerprint density at radius 2 is 2.05 bits per heavy atom. The van der Waals surface area contributed by atoms with Crippen LogP contribution in [0.25, 0.3) is 10.6 Å². The van der Waals surface area contributed by atoms with Crippen molar-refractivity contribution in [2.24, 2.45) is 0 Å². The monoisotopic (exact) mass is 273 g/mol. The van der Waals surface area contributed by atoms with Crippen molar-refractivity contribution < 1.29 is 9.53 Å². The third kappa shape index (κ3) is 2.40. The molecule has 0 amide bonds. The molecule has 1 heterocycles. The molecule has 1 aliphatic carbocycles. The van der Waals surface area contributed by atoms with Gasteiger partial charge in [0, 0.05) is 16.9 Å². The fraction of sp³-hybridized carbons (Fsp3) is 0.333. The fourth-order valence-electron chi connectivity index (χ4n) is 2.25. The highest BCUT2D eigenvalue weighted by atomic mass is 32.1. The highest BCUT2D eigenvalue weighted by molar-refractivity contribution is 7.15. The average Bonchev–Trinajstić information content (AvgIpc) is 2.85. The molecule has 98 valence electrons. The molecule has 0 bridgehead atoms. The predicted molar refractivity (Wildman–Crippen MR) is 76.0 cm³/mol. The van der Waals surface area contributed by atoms with E-state index in [1.54, 1.807) is 11.3 Å². The van der Waals surface area contributed by atoms with Crippen LogP contribution >= 0.6 is 11.3 Å².